The van der Waals surface area contributed by atoms with Gasteiger partial charge in [-0.25, -0.2) is 4.98 Å². The Morgan fingerprint density at radius 3 is 2.61 bits per heavy atom. The summed E-state index contributed by atoms with van der Waals surface area (Å²) in [5.74, 6) is 0. The van der Waals surface area contributed by atoms with Gasteiger partial charge in [0.2, 0.25) is 0 Å². The molecule has 4 heterocycles. The van der Waals surface area contributed by atoms with Crippen molar-refractivity contribution in [2.75, 3.05) is 51.2 Å². The Morgan fingerprint density at radius 1 is 1.03 bits per heavy atom. The summed E-state index contributed by atoms with van der Waals surface area (Å²) in [6.07, 6.45) is 2.70. The second kappa shape index (κ2) is 8.37. The topological polar surface area (TPSA) is 44.6 Å². The quantitative estimate of drug-likeness (QED) is 0.628. The first-order valence-electron chi connectivity index (χ1n) is 11.2. The molecule has 1 saturated heterocycles. The fourth-order valence-corrected chi connectivity index (χ4v) is 5.96. The Bertz CT molecular complexity index is 1160. The number of hydrogen-bond acceptors (Lipinski definition) is 6. The van der Waals surface area contributed by atoms with Crippen LogP contribution in [0.25, 0.3) is 10.2 Å². The van der Waals surface area contributed by atoms with Gasteiger partial charge in [0.15, 0.2) is 0 Å². The van der Waals surface area contributed by atoms with Gasteiger partial charge in [-0.2, -0.15) is 0 Å². The molecule has 1 aromatic carbocycles. The average molecular weight is 438 g/mol. The van der Waals surface area contributed by atoms with E-state index in [-0.39, 0.29) is 5.56 Å². The summed E-state index contributed by atoms with van der Waals surface area (Å²) < 4.78 is 1.82. The third-order valence-electron chi connectivity index (χ3n) is 6.90. The van der Waals surface area contributed by atoms with E-state index >= 15 is 0 Å². The van der Waals surface area contributed by atoms with Crippen molar-refractivity contribution in [2.45, 2.75) is 33.4 Å². The van der Waals surface area contributed by atoms with E-state index in [0.717, 1.165) is 62.5 Å². The molecule has 0 unspecified atom stereocenters. The minimum atomic E-state index is 0.140. The molecule has 31 heavy (non-hydrogen) atoms. The number of aryl methyl sites for hydroxylation is 2. The summed E-state index contributed by atoms with van der Waals surface area (Å²) in [7, 11) is 2.14. The number of thiophene rings is 1. The summed E-state index contributed by atoms with van der Waals surface area (Å²) >= 11 is 1.69. The Morgan fingerprint density at radius 2 is 1.84 bits per heavy atom. The average Bonchev–Trinajstić information content (AvgIpc) is 3.14. The van der Waals surface area contributed by atoms with Gasteiger partial charge in [-0.15, -0.1) is 11.3 Å². The molecule has 0 aliphatic carbocycles. The molecule has 0 saturated carbocycles. The van der Waals surface area contributed by atoms with Crippen molar-refractivity contribution in [3.8, 4) is 0 Å². The smallest absolute Gasteiger partial charge is 0.262 e. The van der Waals surface area contributed by atoms with Gasteiger partial charge in [-0.1, -0.05) is 6.07 Å². The third-order valence-corrected chi connectivity index (χ3v) is 8.03. The maximum atomic E-state index is 13.2. The van der Waals surface area contributed by atoms with Crippen LogP contribution < -0.4 is 10.5 Å². The molecule has 5 rings (SSSR count). The number of likely N-dealkylation sites (N-methyl/N-ethyl adjacent to an activating group) is 1. The molecule has 0 atom stereocenters. The molecular formula is C24H31N5OS. The van der Waals surface area contributed by atoms with Crippen molar-refractivity contribution in [2.24, 2.45) is 0 Å². The molecule has 0 N–H and O–H groups in total. The van der Waals surface area contributed by atoms with Crippen LogP contribution in [0.3, 0.4) is 0 Å². The first kappa shape index (κ1) is 20.7. The fourth-order valence-electron chi connectivity index (χ4n) is 4.71. The maximum absolute atomic E-state index is 13.2. The van der Waals surface area contributed by atoms with Crippen LogP contribution in [-0.2, 0) is 19.5 Å². The largest absolute Gasteiger partial charge is 0.369 e. The van der Waals surface area contributed by atoms with E-state index in [0.29, 0.717) is 6.54 Å². The number of benzene rings is 1. The lowest BCUT2D eigenvalue weighted by Crippen LogP contribution is -2.47. The maximum Gasteiger partial charge on any atom is 0.262 e. The normalized spacial score (nSPS) is 18.0. The predicted molar refractivity (Wildman–Crippen MR) is 128 cm³/mol. The van der Waals surface area contributed by atoms with Gasteiger partial charge >= 0.3 is 0 Å². The molecule has 2 aliphatic heterocycles. The molecule has 7 heteroatoms. The van der Waals surface area contributed by atoms with Gasteiger partial charge in [0.25, 0.3) is 5.56 Å². The SMILES string of the molecule is Cc1ccc(N2CCN(CCn3cnc4sc5c(c4c3=O)CCN(C)C5)CC2)cc1C. The van der Waals surface area contributed by atoms with Gasteiger partial charge in [0.05, 0.1) is 11.7 Å². The Hall–Kier alpha value is -2.22. The monoisotopic (exact) mass is 437 g/mol. The molecule has 3 aromatic rings. The minimum Gasteiger partial charge on any atom is -0.369 e. The van der Waals surface area contributed by atoms with E-state index in [1.54, 1.807) is 17.7 Å². The number of nitrogens with zero attached hydrogens (tertiary/aromatic N) is 5. The molecule has 1 fully saturated rings. The summed E-state index contributed by atoms with van der Waals surface area (Å²) in [6.45, 7) is 12.0. The molecular weight excluding hydrogens is 406 g/mol. The predicted octanol–water partition coefficient (Wildman–Crippen LogP) is 2.88. The first-order chi connectivity index (χ1) is 15.0. The van der Waals surface area contributed by atoms with E-state index in [2.05, 4.69) is 58.8 Å². The first-order valence-corrected chi connectivity index (χ1v) is 12.0. The van der Waals surface area contributed by atoms with E-state index in [4.69, 9.17) is 0 Å². The van der Waals surface area contributed by atoms with Crippen LogP contribution in [0.5, 0.6) is 0 Å². The van der Waals surface area contributed by atoms with Gasteiger partial charge in [0.1, 0.15) is 4.83 Å². The standard InChI is InChI=1S/C24H31N5OS/c1-17-4-5-19(14-18(17)2)28-11-8-27(9-12-28)10-13-29-16-25-23-22(24(29)30)20-6-7-26(3)15-21(20)31-23/h4-5,14,16H,6-13,15H2,1-3H3. The molecule has 164 valence electrons. The highest BCUT2D eigenvalue weighted by molar-refractivity contribution is 7.18. The number of piperazine rings is 1. The summed E-state index contributed by atoms with van der Waals surface area (Å²) in [6, 6.07) is 6.75. The highest BCUT2D eigenvalue weighted by Crippen LogP contribution is 2.31. The van der Waals surface area contributed by atoms with Crippen LogP contribution in [0.2, 0.25) is 0 Å². The molecule has 0 amide bonds. The van der Waals surface area contributed by atoms with Gasteiger partial charge in [-0.05, 0) is 56.1 Å². The van der Waals surface area contributed by atoms with Crippen LogP contribution in [0.1, 0.15) is 21.6 Å². The lowest BCUT2D eigenvalue weighted by Gasteiger charge is -2.36. The molecule has 6 nitrogen and oxygen atoms in total. The van der Waals surface area contributed by atoms with Gasteiger partial charge in [-0.3, -0.25) is 14.3 Å². The van der Waals surface area contributed by atoms with Crippen molar-refractivity contribution in [1.82, 2.24) is 19.4 Å². The van der Waals surface area contributed by atoms with E-state index in [9.17, 15) is 4.79 Å². The molecule has 2 aliphatic rings. The van der Waals surface area contributed by atoms with E-state index < -0.39 is 0 Å². The second-order valence-corrected chi connectivity index (χ2v) is 10.1. The number of aromatic nitrogens is 2. The zero-order valence-corrected chi connectivity index (χ0v) is 19.5. The molecule has 0 radical (unpaired) electrons. The van der Waals surface area contributed by atoms with Crippen molar-refractivity contribution in [3.05, 3.63) is 56.4 Å². The molecule has 2 aromatic heterocycles. The van der Waals surface area contributed by atoms with Crippen molar-refractivity contribution >= 4 is 27.2 Å². The molecule has 0 spiro atoms. The Labute approximate surface area is 187 Å². The van der Waals surface area contributed by atoms with Crippen LogP contribution in [0, 0.1) is 13.8 Å². The van der Waals surface area contributed by atoms with E-state index in [1.807, 2.05) is 4.57 Å². The van der Waals surface area contributed by atoms with Crippen molar-refractivity contribution < 1.29 is 0 Å². The summed E-state index contributed by atoms with van der Waals surface area (Å²) in [4.78, 5) is 27.3. The Balaban J connectivity index is 1.24. The summed E-state index contributed by atoms with van der Waals surface area (Å²) in [5.41, 5.74) is 5.40. The zero-order chi connectivity index (χ0) is 21.5. The number of anilines is 1. The minimum absolute atomic E-state index is 0.140. The lowest BCUT2D eigenvalue weighted by molar-refractivity contribution is 0.247. The number of fused-ring (bicyclic) bond motifs is 3. The van der Waals surface area contributed by atoms with Crippen LogP contribution in [0.15, 0.2) is 29.3 Å². The van der Waals surface area contributed by atoms with Crippen molar-refractivity contribution in [1.29, 1.82) is 0 Å². The number of hydrogen-bond donors (Lipinski definition) is 0. The Kier molecular flexibility index (Phi) is 5.58. The van der Waals surface area contributed by atoms with Crippen LogP contribution in [-0.4, -0.2) is 65.7 Å². The van der Waals surface area contributed by atoms with Crippen LogP contribution in [0.4, 0.5) is 5.69 Å². The number of rotatable bonds is 4. The van der Waals surface area contributed by atoms with Crippen LogP contribution >= 0.6 is 11.3 Å². The van der Waals surface area contributed by atoms with Gasteiger partial charge in [0, 0.05) is 62.9 Å². The summed E-state index contributed by atoms with van der Waals surface area (Å²) in [5, 5.41) is 0.871. The fraction of sp³-hybridized carbons (Fsp3) is 0.500. The molecule has 0 bridgehead atoms. The second-order valence-electron chi connectivity index (χ2n) is 9.01. The van der Waals surface area contributed by atoms with E-state index in [1.165, 1.54) is 27.3 Å². The third kappa shape index (κ3) is 4.02. The van der Waals surface area contributed by atoms with Crippen molar-refractivity contribution in [3.63, 3.8) is 0 Å². The van der Waals surface area contributed by atoms with Gasteiger partial charge < -0.3 is 9.80 Å². The highest BCUT2D eigenvalue weighted by atomic mass is 32.1. The lowest BCUT2D eigenvalue weighted by atomic mass is 10.1. The highest BCUT2D eigenvalue weighted by Gasteiger charge is 2.23. The zero-order valence-electron chi connectivity index (χ0n) is 18.7.